The van der Waals surface area contributed by atoms with Crippen molar-refractivity contribution < 1.29 is 9.53 Å². The Bertz CT molecular complexity index is 1210. The standard InChI is InChI=1S/C24H21N5O2/c1-15-17(3-4-19-20(15)14-31-24(19)30)6-8-29-9-7-21-18(13-29)12-27-23(28-21)22-5-2-16(10-25)11-26-22/h2-5,11-12H,6-9,13-14H2,1H3. The van der Waals surface area contributed by atoms with E-state index in [1.54, 1.807) is 18.3 Å². The van der Waals surface area contributed by atoms with Crippen molar-refractivity contribution in [3.05, 3.63) is 75.7 Å². The van der Waals surface area contributed by atoms with Gasteiger partial charge in [-0.15, -0.1) is 0 Å². The fraction of sp³-hybridized carbons (Fsp3) is 0.292. The fourth-order valence-corrected chi connectivity index (χ4v) is 4.23. The highest BCUT2D eigenvalue weighted by Crippen LogP contribution is 2.27. The summed E-state index contributed by atoms with van der Waals surface area (Å²) in [5.74, 6) is 0.384. The molecule has 0 bridgehead atoms. The molecule has 0 radical (unpaired) electrons. The maximum atomic E-state index is 11.7. The molecule has 0 fully saturated rings. The van der Waals surface area contributed by atoms with E-state index in [1.165, 1.54) is 11.1 Å². The molecular weight excluding hydrogens is 390 g/mol. The molecule has 0 saturated heterocycles. The second kappa shape index (κ2) is 7.89. The normalized spacial score (nSPS) is 15.2. The first kappa shape index (κ1) is 19.3. The molecule has 2 aliphatic rings. The lowest BCUT2D eigenvalue weighted by molar-refractivity contribution is 0.0535. The number of hydrogen-bond donors (Lipinski definition) is 0. The number of carbonyl (C=O) groups excluding carboxylic acids is 1. The number of carbonyl (C=O) groups is 1. The van der Waals surface area contributed by atoms with E-state index >= 15 is 0 Å². The number of pyridine rings is 1. The van der Waals surface area contributed by atoms with Gasteiger partial charge in [0.25, 0.3) is 0 Å². The average molecular weight is 411 g/mol. The van der Waals surface area contributed by atoms with Crippen LogP contribution in [0.4, 0.5) is 0 Å². The molecule has 0 atom stereocenters. The maximum Gasteiger partial charge on any atom is 0.338 e. The monoisotopic (exact) mass is 411 g/mol. The van der Waals surface area contributed by atoms with Gasteiger partial charge in [0, 0.05) is 49.6 Å². The molecule has 1 aromatic carbocycles. The quantitative estimate of drug-likeness (QED) is 0.610. The second-order valence-corrected chi connectivity index (χ2v) is 7.94. The minimum absolute atomic E-state index is 0.215. The van der Waals surface area contributed by atoms with Crippen LogP contribution in [0, 0.1) is 18.3 Å². The van der Waals surface area contributed by atoms with Crippen molar-refractivity contribution in [1.82, 2.24) is 19.9 Å². The van der Waals surface area contributed by atoms with Crippen LogP contribution in [0.25, 0.3) is 11.5 Å². The summed E-state index contributed by atoms with van der Waals surface area (Å²) in [4.78, 5) is 27.7. The summed E-state index contributed by atoms with van der Waals surface area (Å²) >= 11 is 0. The molecule has 0 unspecified atom stereocenters. The number of rotatable bonds is 4. The van der Waals surface area contributed by atoms with Crippen LogP contribution in [0.1, 0.15) is 43.9 Å². The van der Waals surface area contributed by atoms with Crippen LogP contribution in [0.15, 0.2) is 36.7 Å². The predicted octanol–water partition coefficient (Wildman–Crippen LogP) is 2.99. The third-order valence-electron chi connectivity index (χ3n) is 6.11. The van der Waals surface area contributed by atoms with E-state index in [2.05, 4.69) is 33.9 Å². The molecule has 0 amide bonds. The first-order valence-electron chi connectivity index (χ1n) is 10.3. The van der Waals surface area contributed by atoms with Gasteiger partial charge in [-0.2, -0.15) is 5.26 Å². The molecule has 0 saturated carbocycles. The highest BCUT2D eigenvalue weighted by atomic mass is 16.5. The molecule has 3 aromatic rings. The Labute approximate surface area is 180 Å². The zero-order valence-electron chi connectivity index (χ0n) is 17.3. The van der Waals surface area contributed by atoms with Crippen LogP contribution in [0.3, 0.4) is 0 Å². The Kier molecular flexibility index (Phi) is 4.92. The van der Waals surface area contributed by atoms with Gasteiger partial charge in [-0.1, -0.05) is 6.07 Å². The number of nitrogens with zero attached hydrogens (tertiary/aromatic N) is 5. The minimum Gasteiger partial charge on any atom is -0.457 e. The zero-order chi connectivity index (χ0) is 21.4. The molecule has 7 nitrogen and oxygen atoms in total. The fourth-order valence-electron chi connectivity index (χ4n) is 4.23. The van der Waals surface area contributed by atoms with Gasteiger partial charge in [-0.3, -0.25) is 9.88 Å². The molecule has 154 valence electrons. The summed E-state index contributed by atoms with van der Waals surface area (Å²) in [5.41, 5.74) is 7.59. The number of fused-ring (bicyclic) bond motifs is 2. The van der Waals surface area contributed by atoms with E-state index in [-0.39, 0.29) is 5.97 Å². The van der Waals surface area contributed by atoms with Crippen LogP contribution in [-0.4, -0.2) is 38.9 Å². The molecule has 31 heavy (non-hydrogen) atoms. The van der Waals surface area contributed by atoms with Gasteiger partial charge in [-0.25, -0.2) is 14.8 Å². The topological polar surface area (TPSA) is 92.0 Å². The Morgan fingerprint density at radius 3 is 2.90 bits per heavy atom. The molecule has 0 aliphatic carbocycles. The number of cyclic esters (lactones) is 1. The van der Waals surface area contributed by atoms with Crippen molar-refractivity contribution in [2.45, 2.75) is 32.9 Å². The van der Waals surface area contributed by atoms with E-state index in [1.807, 2.05) is 12.3 Å². The Morgan fingerprint density at radius 2 is 2.10 bits per heavy atom. The van der Waals surface area contributed by atoms with E-state index in [0.717, 1.165) is 49.3 Å². The van der Waals surface area contributed by atoms with Gasteiger partial charge in [0.2, 0.25) is 0 Å². The lowest BCUT2D eigenvalue weighted by Crippen LogP contribution is -2.33. The summed E-state index contributed by atoms with van der Waals surface area (Å²) in [5, 5.41) is 8.92. The lowest BCUT2D eigenvalue weighted by atomic mass is 9.96. The zero-order valence-corrected chi connectivity index (χ0v) is 17.3. The van der Waals surface area contributed by atoms with Gasteiger partial charge in [0.05, 0.1) is 16.8 Å². The third kappa shape index (κ3) is 3.66. The third-order valence-corrected chi connectivity index (χ3v) is 6.11. The van der Waals surface area contributed by atoms with Crippen LogP contribution in [0.5, 0.6) is 0 Å². The summed E-state index contributed by atoms with van der Waals surface area (Å²) < 4.78 is 5.16. The summed E-state index contributed by atoms with van der Waals surface area (Å²) in [6.07, 6.45) is 5.24. The molecule has 0 N–H and O–H groups in total. The maximum absolute atomic E-state index is 11.7. The number of aromatic nitrogens is 3. The number of nitriles is 1. The first-order valence-corrected chi connectivity index (χ1v) is 10.3. The van der Waals surface area contributed by atoms with Crippen LogP contribution in [0.2, 0.25) is 0 Å². The van der Waals surface area contributed by atoms with Gasteiger partial charge < -0.3 is 4.74 Å². The van der Waals surface area contributed by atoms with E-state index in [4.69, 9.17) is 15.0 Å². The molecule has 0 spiro atoms. The molecule has 5 rings (SSSR count). The van der Waals surface area contributed by atoms with E-state index in [0.29, 0.717) is 29.3 Å². The SMILES string of the molecule is Cc1c(CCN2CCc3nc(-c4ccc(C#N)cn4)ncc3C2)ccc2c1COC2=O. The van der Waals surface area contributed by atoms with Crippen LogP contribution < -0.4 is 0 Å². The first-order chi connectivity index (χ1) is 15.1. The molecule has 4 heterocycles. The number of ether oxygens (including phenoxy) is 1. The van der Waals surface area contributed by atoms with E-state index < -0.39 is 0 Å². The van der Waals surface area contributed by atoms with Crippen LogP contribution >= 0.6 is 0 Å². The van der Waals surface area contributed by atoms with Gasteiger partial charge >= 0.3 is 5.97 Å². The average Bonchev–Trinajstić information content (AvgIpc) is 3.19. The Hall–Kier alpha value is -3.63. The minimum atomic E-state index is -0.215. The summed E-state index contributed by atoms with van der Waals surface area (Å²) in [6.45, 7) is 5.16. The number of benzene rings is 1. The lowest BCUT2D eigenvalue weighted by Gasteiger charge is -2.28. The molecular formula is C24H21N5O2. The Balaban J connectivity index is 1.26. The van der Waals surface area contributed by atoms with Crippen molar-refractivity contribution in [1.29, 1.82) is 5.26 Å². The number of esters is 1. The Morgan fingerprint density at radius 1 is 1.19 bits per heavy atom. The van der Waals surface area contributed by atoms with Crippen molar-refractivity contribution in [3.63, 3.8) is 0 Å². The highest BCUT2D eigenvalue weighted by Gasteiger charge is 2.24. The van der Waals surface area contributed by atoms with Crippen molar-refractivity contribution >= 4 is 5.97 Å². The van der Waals surface area contributed by atoms with Gasteiger partial charge in [0.1, 0.15) is 18.4 Å². The summed E-state index contributed by atoms with van der Waals surface area (Å²) in [6, 6.07) is 9.54. The molecule has 7 heteroatoms. The molecule has 2 aliphatic heterocycles. The highest BCUT2D eigenvalue weighted by molar-refractivity contribution is 5.93. The van der Waals surface area contributed by atoms with Crippen molar-refractivity contribution in [3.8, 4) is 17.6 Å². The van der Waals surface area contributed by atoms with Gasteiger partial charge in [0.15, 0.2) is 5.82 Å². The summed E-state index contributed by atoms with van der Waals surface area (Å²) in [7, 11) is 0. The van der Waals surface area contributed by atoms with Gasteiger partial charge in [-0.05, 0) is 42.7 Å². The van der Waals surface area contributed by atoms with Crippen molar-refractivity contribution in [2.75, 3.05) is 13.1 Å². The predicted molar refractivity (Wildman–Crippen MR) is 113 cm³/mol. The van der Waals surface area contributed by atoms with Crippen molar-refractivity contribution in [2.24, 2.45) is 0 Å². The van der Waals surface area contributed by atoms with E-state index in [9.17, 15) is 4.79 Å². The second-order valence-electron chi connectivity index (χ2n) is 7.94. The molecule has 2 aromatic heterocycles. The number of hydrogen-bond acceptors (Lipinski definition) is 7. The van der Waals surface area contributed by atoms with Crippen LogP contribution in [-0.2, 0) is 30.7 Å². The largest absolute Gasteiger partial charge is 0.457 e. The smallest absolute Gasteiger partial charge is 0.338 e.